The van der Waals surface area contributed by atoms with Gasteiger partial charge in [-0.05, 0) is 84.9 Å². The Morgan fingerprint density at radius 2 is 1.78 bits per heavy atom. The number of nitrogens with zero attached hydrogens (tertiary/aromatic N) is 4. The molecule has 1 aliphatic carbocycles. The summed E-state index contributed by atoms with van der Waals surface area (Å²) in [4.78, 5) is 35.1. The van der Waals surface area contributed by atoms with Crippen LogP contribution < -0.4 is 0 Å². The quantitative estimate of drug-likeness (QED) is 0.364. The maximum atomic E-state index is 13.7. The summed E-state index contributed by atoms with van der Waals surface area (Å²) in [6, 6.07) is 10.4. The zero-order valence-electron chi connectivity index (χ0n) is 25.0. The van der Waals surface area contributed by atoms with Gasteiger partial charge in [0.2, 0.25) is 5.91 Å². The van der Waals surface area contributed by atoms with Gasteiger partial charge in [-0.2, -0.15) is 0 Å². The summed E-state index contributed by atoms with van der Waals surface area (Å²) in [5.41, 5.74) is 1.80. The van der Waals surface area contributed by atoms with Crippen molar-refractivity contribution < 1.29 is 23.2 Å². The number of hydroxylamine groups is 2. The van der Waals surface area contributed by atoms with E-state index in [-0.39, 0.29) is 41.6 Å². The van der Waals surface area contributed by atoms with Gasteiger partial charge < -0.3 is 9.80 Å². The molecule has 2 fully saturated rings. The highest BCUT2D eigenvalue weighted by Crippen LogP contribution is 2.37. The highest BCUT2D eigenvalue weighted by molar-refractivity contribution is 7.92. The number of hydrogen-bond acceptors (Lipinski definition) is 7. The fraction of sp³-hybridized carbons (Fsp3) is 0.581. The summed E-state index contributed by atoms with van der Waals surface area (Å²) in [6.45, 7) is 9.75. The number of rotatable bonds is 8. The van der Waals surface area contributed by atoms with E-state index in [1.807, 2.05) is 30.3 Å². The van der Waals surface area contributed by atoms with E-state index < -0.39 is 26.5 Å². The van der Waals surface area contributed by atoms with Gasteiger partial charge in [-0.15, -0.1) is 0 Å². The average Bonchev–Trinajstić information content (AvgIpc) is 3.32. The number of pyridine rings is 1. The maximum Gasteiger partial charge on any atom is 0.279 e. The van der Waals surface area contributed by atoms with Crippen LogP contribution >= 0.6 is 0 Å². The molecule has 1 aliphatic heterocycles. The summed E-state index contributed by atoms with van der Waals surface area (Å²) >= 11 is 0. The fourth-order valence-corrected chi connectivity index (χ4v) is 7.42. The Hall–Kier alpha value is -2.82. The van der Waals surface area contributed by atoms with Gasteiger partial charge in [0.1, 0.15) is 6.04 Å². The Labute approximate surface area is 244 Å². The molecule has 224 valence electrons. The van der Waals surface area contributed by atoms with Crippen molar-refractivity contribution >= 4 is 21.7 Å². The average molecular weight is 585 g/mol. The monoisotopic (exact) mass is 584 g/mol. The Bertz CT molecular complexity index is 1340. The molecule has 2 amide bonds. The second-order valence-corrected chi connectivity index (χ2v) is 15.5. The Morgan fingerprint density at radius 3 is 2.41 bits per heavy atom. The molecule has 1 N–H and O–H groups in total. The molecule has 0 spiro atoms. The van der Waals surface area contributed by atoms with Crippen molar-refractivity contribution in [2.75, 3.05) is 19.3 Å². The molecule has 1 aromatic heterocycles. The van der Waals surface area contributed by atoms with E-state index in [4.69, 9.17) is 0 Å². The molecular weight excluding hydrogens is 540 g/mol. The van der Waals surface area contributed by atoms with Crippen LogP contribution in [0.2, 0.25) is 0 Å². The standard InChI is InChI=1S/C31H44N4O5S/c1-21(2)33(6)26-12-13-27(25(17-26)20-41(39,40)31(3,4)5)34-15-14-28(30(34)37)35(38)29(36)24-16-23(18-32-19-24)22-10-8-7-9-11-22/h7-11,16,18-19,21,25-28,38H,12-15,17,20H2,1-6H3/t25-,26+,27-,28-/m0/s1. The van der Waals surface area contributed by atoms with Crippen molar-refractivity contribution in [3.05, 3.63) is 54.4 Å². The SMILES string of the molecule is CC(C)N(C)[C@@H]1CC[C@H](N2CC[C@H](N(O)C(=O)c3cncc(-c4ccccc4)c3)C2=O)[C@H](CS(=O)(=O)C(C)(C)C)C1. The lowest BCUT2D eigenvalue weighted by Crippen LogP contribution is -2.54. The first-order chi connectivity index (χ1) is 19.2. The molecule has 0 radical (unpaired) electrons. The molecule has 2 aromatic rings. The van der Waals surface area contributed by atoms with Crippen LogP contribution in [0.1, 0.15) is 70.7 Å². The first-order valence-corrected chi connectivity index (χ1v) is 16.1. The lowest BCUT2D eigenvalue weighted by molar-refractivity contribution is -0.147. The molecule has 2 heterocycles. The Kier molecular flexibility index (Phi) is 9.26. The number of benzene rings is 1. The molecule has 4 rings (SSSR count). The molecule has 1 aromatic carbocycles. The summed E-state index contributed by atoms with van der Waals surface area (Å²) in [5, 5.41) is 11.5. The van der Waals surface area contributed by atoms with Crippen molar-refractivity contribution in [2.24, 2.45) is 5.92 Å². The Balaban J connectivity index is 1.53. The van der Waals surface area contributed by atoms with Crippen molar-refractivity contribution in [1.29, 1.82) is 0 Å². The molecule has 4 atom stereocenters. The second kappa shape index (κ2) is 12.2. The number of carbonyl (C=O) groups excluding carboxylic acids is 2. The molecule has 0 unspecified atom stereocenters. The summed E-state index contributed by atoms with van der Waals surface area (Å²) in [6.07, 6.45) is 5.50. The van der Waals surface area contributed by atoms with Gasteiger partial charge in [-0.3, -0.25) is 19.8 Å². The largest absolute Gasteiger partial charge is 0.337 e. The van der Waals surface area contributed by atoms with Gasteiger partial charge in [-0.1, -0.05) is 30.3 Å². The minimum absolute atomic E-state index is 0.00222. The minimum Gasteiger partial charge on any atom is -0.337 e. The van der Waals surface area contributed by atoms with Crippen LogP contribution in [0.3, 0.4) is 0 Å². The van der Waals surface area contributed by atoms with Gasteiger partial charge in [0.25, 0.3) is 5.91 Å². The molecule has 0 bridgehead atoms. The molecule has 10 heteroatoms. The number of hydrogen-bond donors (Lipinski definition) is 1. The number of carbonyl (C=O) groups is 2. The van der Waals surface area contributed by atoms with Crippen molar-refractivity contribution in [2.45, 2.75) is 89.2 Å². The lowest BCUT2D eigenvalue weighted by atomic mass is 9.81. The summed E-state index contributed by atoms with van der Waals surface area (Å²) in [7, 11) is -1.36. The molecule has 1 saturated carbocycles. The van der Waals surface area contributed by atoms with Crippen LogP contribution in [0.15, 0.2) is 48.8 Å². The zero-order chi connectivity index (χ0) is 30.1. The van der Waals surface area contributed by atoms with E-state index in [0.29, 0.717) is 30.5 Å². The third-order valence-electron chi connectivity index (χ3n) is 8.88. The topological polar surface area (TPSA) is 111 Å². The number of likely N-dealkylation sites (tertiary alicyclic amines) is 1. The van der Waals surface area contributed by atoms with Crippen molar-refractivity contribution in [3.8, 4) is 11.1 Å². The van der Waals surface area contributed by atoms with E-state index in [1.54, 1.807) is 37.9 Å². The zero-order valence-corrected chi connectivity index (χ0v) is 25.8. The summed E-state index contributed by atoms with van der Waals surface area (Å²) < 4.78 is 25.7. The van der Waals surface area contributed by atoms with E-state index in [9.17, 15) is 23.2 Å². The van der Waals surface area contributed by atoms with E-state index >= 15 is 0 Å². The second-order valence-electron chi connectivity index (χ2n) is 12.8. The van der Waals surface area contributed by atoms with Gasteiger partial charge in [0, 0.05) is 42.6 Å². The van der Waals surface area contributed by atoms with Crippen LogP contribution in [0.5, 0.6) is 0 Å². The lowest BCUT2D eigenvalue weighted by Gasteiger charge is -2.45. The summed E-state index contributed by atoms with van der Waals surface area (Å²) in [5.74, 6) is -1.27. The van der Waals surface area contributed by atoms with Gasteiger partial charge in [-0.25, -0.2) is 13.5 Å². The third kappa shape index (κ3) is 6.65. The minimum atomic E-state index is -3.43. The van der Waals surface area contributed by atoms with E-state index in [1.165, 1.54) is 6.20 Å². The number of aromatic nitrogens is 1. The molecule has 9 nitrogen and oxygen atoms in total. The van der Waals surface area contributed by atoms with Crippen LogP contribution in [-0.4, -0.2) is 93.5 Å². The smallest absolute Gasteiger partial charge is 0.279 e. The highest BCUT2D eigenvalue weighted by atomic mass is 32.2. The van der Waals surface area contributed by atoms with Crippen LogP contribution in [-0.2, 0) is 14.6 Å². The molecular formula is C31H44N4O5S. The number of amides is 2. The van der Waals surface area contributed by atoms with Crippen LogP contribution in [0, 0.1) is 5.92 Å². The highest BCUT2D eigenvalue weighted by Gasteiger charge is 2.47. The first-order valence-electron chi connectivity index (χ1n) is 14.5. The number of sulfone groups is 1. The van der Waals surface area contributed by atoms with Crippen molar-refractivity contribution in [1.82, 2.24) is 19.8 Å². The van der Waals surface area contributed by atoms with Crippen molar-refractivity contribution in [3.63, 3.8) is 0 Å². The predicted octanol–water partition coefficient (Wildman–Crippen LogP) is 4.27. The fourth-order valence-electron chi connectivity index (χ4n) is 6.00. The normalized spacial score (nSPS) is 23.8. The first kappa shape index (κ1) is 31.1. The molecule has 2 aliphatic rings. The third-order valence-corrected chi connectivity index (χ3v) is 11.6. The van der Waals surface area contributed by atoms with Gasteiger partial charge in [0.15, 0.2) is 9.84 Å². The Morgan fingerprint density at radius 1 is 1.10 bits per heavy atom. The van der Waals surface area contributed by atoms with Crippen LogP contribution in [0.25, 0.3) is 11.1 Å². The maximum absolute atomic E-state index is 13.7. The van der Waals surface area contributed by atoms with Crippen LogP contribution in [0.4, 0.5) is 0 Å². The predicted molar refractivity (Wildman–Crippen MR) is 159 cm³/mol. The van der Waals surface area contributed by atoms with E-state index in [2.05, 4.69) is 30.8 Å². The molecule has 1 saturated heterocycles. The van der Waals surface area contributed by atoms with E-state index in [0.717, 1.165) is 17.5 Å². The van der Waals surface area contributed by atoms with Gasteiger partial charge >= 0.3 is 0 Å². The van der Waals surface area contributed by atoms with Gasteiger partial charge in [0.05, 0.1) is 16.1 Å². The molecule has 41 heavy (non-hydrogen) atoms.